The van der Waals surface area contributed by atoms with E-state index in [9.17, 15) is 0 Å². The molecule has 0 saturated heterocycles. The van der Waals surface area contributed by atoms with Gasteiger partial charge in [-0.05, 0) is 136 Å². The number of fused-ring (bicyclic) bond motifs is 10. The monoisotopic (exact) mass is 652 g/mol. The summed E-state index contributed by atoms with van der Waals surface area (Å²) >= 11 is 0. The summed E-state index contributed by atoms with van der Waals surface area (Å²) in [4.78, 5) is 0. The van der Waals surface area contributed by atoms with E-state index in [0.717, 1.165) is 0 Å². The highest BCUT2D eigenvalue weighted by Gasteiger charge is 2.27. The molecule has 236 valence electrons. The molecule has 0 nitrogen and oxygen atoms in total. The molecule has 0 N–H and O–H groups in total. The van der Waals surface area contributed by atoms with Crippen molar-refractivity contribution in [3.8, 4) is 22.3 Å². The minimum atomic E-state index is 1.25. The Kier molecular flexibility index (Phi) is 4.94. The maximum atomic E-state index is 2.56. The second-order valence-corrected chi connectivity index (χ2v) is 14.6. The summed E-state index contributed by atoms with van der Waals surface area (Å²) in [5.41, 5.74) is 5.13. The predicted molar refractivity (Wildman–Crippen MR) is 226 cm³/mol. The van der Waals surface area contributed by atoms with Crippen LogP contribution in [-0.2, 0) is 0 Å². The lowest BCUT2D eigenvalue weighted by molar-refractivity contribution is 1.67. The summed E-state index contributed by atoms with van der Waals surface area (Å²) in [7, 11) is 0. The Morgan fingerprint density at radius 2 is 0.673 bits per heavy atom. The molecule has 0 bridgehead atoms. The number of hydrogen-bond acceptors (Lipinski definition) is 0. The third-order valence-electron chi connectivity index (χ3n) is 12.2. The van der Waals surface area contributed by atoms with Gasteiger partial charge in [0.2, 0.25) is 0 Å². The van der Waals surface area contributed by atoms with Crippen molar-refractivity contribution < 1.29 is 0 Å². The number of benzene rings is 11. The summed E-state index contributed by atoms with van der Waals surface area (Å²) in [6.45, 7) is 0. The fourth-order valence-electron chi connectivity index (χ4n) is 10.3. The Bertz CT molecular complexity index is 3580. The van der Waals surface area contributed by atoms with Crippen LogP contribution in [0, 0.1) is 0 Å². The molecule has 0 fully saturated rings. The lowest BCUT2D eigenvalue weighted by atomic mass is 9.82. The van der Waals surface area contributed by atoms with E-state index in [0.29, 0.717) is 0 Å². The molecule has 0 aromatic heterocycles. The fourth-order valence-corrected chi connectivity index (χ4v) is 10.3. The third-order valence-corrected chi connectivity index (χ3v) is 12.2. The average Bonchev–Trinajstić information content (AvgIpc) is 3.71. The molecule has 0 amide bonds. The minimum absolute atomic E-state index is 1.25. The van der Waals surface area contributed by atoms with Crippen LogP contribution >= 0.6 is 0 Å². The molecule has 13 aromatic rings. The molecular formula is C52H28. The van der Waals surface area contributed by atoms with E-state index in [2.05, 4.69) is 170 Å². The van der Waals surface area contributed by atoms with E-state index < -0.39 is 0 Å². The van der Waals surface area contributed by atoms with E-state index in [-0.39, 0.29) is 0 Å². The molecule has 13 aromatic carbocycles. The Hall–Kier alpha value is -6.76. The van der Waals surface area contributed by atoms with Gasteiger partial charge in [-0.25, -0.2) is 0 Å². The molecule has 52 heavy (non-hydrogen) atoms. The second kappa shape index (κ2) is 9.51. The topological polar surface area (TPSA) is 0 Å². The lowest BCUT2D eigenvalue weighted by Crippen LogP contribution is -1.92. The molecule has 0 heterocycles. The first-order valence-corrected chi connectivity index (χ1v) is 18.3. The quantitative estimate of drug-likeness (QED) is 0.129. The SMILES string of the molecule is c1ccc(-c2ccc3c4c(-c5ccccc5)c5cc6c7cccc8cccc(c87)c6c6c7cccc8cccc(c87)c(c4c4cccc2c34)c56)cc1. The summed E-state index contributed by atoms with van der Waals surface area (Å²) in [5, 5.41) is 26.9. The zero-order valence-corrected chi connectivity index (χ0v) is 28.2. The van der Waals surface area contributed by atoms with Gasteiger partial charge in [0.25, 0.3) is 0 Å². The Labute approximate surface area is 298 Å². The average molecular weight is 653 g/mol. The van der Waals surface area contributed by atoms with Crippen molar-refractivity contribution in [1.82, 2.24) is 0 Å². The molecule has 0 aliphatic heterocycles. The highest BCUT2D eigenvalue weighted by molar-refractivity contribution is 6.52. The van der Waals surface area contributed by atoms with Gasteiger partial charge in [-0.3, -0.25) is 0 Å². The van der Waals surface area contributed by atoms with Crippen LogP contribution in [0.5, 0.6) is 0 Å². The molecule has 0 spiro atoms. The van der Waals surface area contributed by atoms with Gasteiger partial charge in [-0.2, -0.15) is 0 Å². The van der Waals surface area contributed by atoms with Crippen LogP contribution in [0.15, 0.2) is 170 Å². The van der Waals surface area contributed by atoms with Crippen molar-refractivity contribution in [1.29, 1.82) is 0 Å². The van der Waals surface area contributed by atoms with Crippen LogP contribution in [0.1, 0.15) is 0 Å². The van der Waals surface area contributed by atoms with Gasteiger partial charge in [0.05, 0.1) is 0 Å². The lowest BCUT2D eigenvalue weighted by Gasteiger charge is -2.20. The molecule has 0 aliphatic rings. The van der Waals surface area contributed by atoms with Gasteiger partial charge in [0.15, 0.2) is 0 Å². The van der Waals surface area contributed by atoms with Gasteiger partial charge >= 0.3 is 0 Å². The molecular weight excluding hydrogens is 625 g/mol. The molecule has 0 saturated carbocycles. The first-order chi connectivity index (χ1) is 25.8. The Balaban J connectivity index is 1.42. The maximum absolute atomic E-state index is 2.56. The van der Waals surface area contributed by atoms with Gasteiger partial charge in [-0.1, -0.05) is 164 Å². The summed E-state index contributed by atoms with van der Waals surface area (Å²) in [6, 6.07) is 63.9. The minimum Gasteiger partial charge on any atom is -0.0622 e. The van der Waals surface area contributed by atoms with E-state index in [1.54, 1.807) is 0 Å². The Morgan fingerprint density at radius 1 is 0.212 bits per heavy atom. The van der Waals surface area contributed by atoms with Crippen molar-refractivity contribution in [3.05, 3.63) is 170 Å². The molecule has 0 heteroatoms. The first kappa shape index (κ1) is 27.0. The molecule has 0 aliphatic carbocycles. The smallest absolute Gasteiger partial charge is 0.000673 e. The van der Waals surface area contributed by atoms with Crippen LogP contribution in [0.4, 0.5) is 0 Å². The molecule has 0 radical (unpaired) electrons. The van der Waals surface area contributed by atoms with Crippen LogP contribution in [0.2, 0.25) is 0 Å². The van der Waals surface area contributed by atoms with Crippen molar-refractivity contribution in [2.24, 2.45) is 0 Å². The standard InChI is InChI=1S/C52H28/c1-3-12-29(13-4-1)33-26-27-40-46-34(33)21-11-25-39(46)51-48(40)45(32-14-5-2-6-15-32)42-28-41-35-20-7-16-30-17-8-22-36(43(30)35)47(41)49-37-23-9-18-31-19-10-24-38(44(31)37)50(51)52(42)49/h1-28H. The number of rotatable bonds is 2. The molecule has 0 unspecified atom stereocenters. The highest BCUT2D eigenvalue weighted by Crippen LogP contribution is 2.56. The van der Waals surface area contributed by atoms with E-state index in [1.807, 2.05) is 0 Å². The fraction of sp³-hybridized carbons (Fsp3) is 0. The highest BCUT2D eigenvalue weighted by atomic mass is 14.3. The summed E-state index contributed by atoms with van der Waals surface area (Å²) in [6.07, 6.45) is 0. The van der Waals surface area contributed by atoms with Gasteiger partial charge in [0.1, 0.15) is 0 Å². The predicted octanol–water partition coefficient (Wildman–Crippen LogP) is 14.9. The second-order valence-electron chi connectivity index (χ2n) is 14.6. The largest absolute Gasteiger partial charge is 0.0622 e. The van der Waals surface area contributed by atoms with E-state index >= 15 is 0 Å². The third kappa shape index (κ3) is 3.16. The van der Waals surface area contributed by atoms with Crippen LogP contribution in [0.25, 0.3) is 130 Å². The van der Waals surface area contributed by atoms with Gasteiger partial charge in [0, 0.05) is 0 Å². The van der Waals surface area contributed by atoms with E-state index in [4.69, 9.17) is 0 Å². The van der Waals surface area contributed by atoms with E-state index in [1.165, 1.54) is 130 Å². The van der Waals surface area contributed by atoms with Crippen LogP contribution < -0.4 is 0 Å². The van der Waals surface area contributed by atoms with Crippen LogP contribution in [0.3, 0.4) is 0 Å². The van der Waals surface area contributed by atoms with Gasteiger partial charge in [-0.15, -0.1) is 0 Å². The maximum Gasteiger partial charge on any atom is -0.000673 e. The summed E-state index contributed by atoms with van der Waals surface area (Å²) in [5.74, 6) is 0. The molecule has 0 atom stereocenters. The van der Waals surface area contributed by atoms with Crippen molar-refractivity contribution in [2.45, 2.75) is 0 Å². The summed E-state index contributed by atoms with van der Waals surface area (Å²) < 4.78 is 0. The van der Waals surface area contributed by atoms with Crippen LogP contribution in [-0.4, -0.2) is 0 Å². The number of hydrogen-bond donors (Lipinski definition) is 0. The van der Waals surface area contributed by atoms with Gasteiger partial charge < -0.3 is 0 Å². The first-order valence-electron chi connectivity index (χ1n) is 18.3. The normalized spacial score (nSPS) is 12.6. The zero-order valence-electron chi connectivity index (χ0n) is 28.2. The zero-order chi connectivity index (χ0) is 33.7. The van der Waals surface area contributed by atoms with Crippen molar-refractivity contribution in [2.75, 3.05) is 0 Å². The Morgan fingerprint density at radius 3 is 1.35 bits per heavy atom. The molecule has 13 rings (SSSR count). The van der Waals surface area contributed by atoms with Crippen molar-refractivity contribution >= 4 is 108 Å². The van der Waals surface area contributed by atoms with Crippen molar-refractivity contribution in [3.63, 3.8) is 0 Å².